The lowest BCUT2D eigenvalue weighted by Crippen LogP contribution is -2.17. The van der Waals surface area contributed by atoms with Gasteiger partial charge in [-0.05, 0) is 40.8 Å². The monoisotopic (exact) mass is 318 g/mol. The largest absolute Gasteiger partial charge is 0.573 e. The molecule has 0 spiro atoms. The Hall–Kier alpha value is -0.660. The van der Waals surface area contributed by atoms with E-state index in [9.17, 15) is 13.2 Å². The molecule has 1 rings (SSSR count). The van der Waals surface area contributed by atoms with Gasteiger partial charge >= 0.3 is 6.36 Å². The van der Waals surface area contributed by atoms with Gasteiger partial charge in [0.2, 0.25) is 0 Å². The fraction of sp³-hybridized carbons (Fsp3) is 0.250. The van der Waals surface area contributed by atoms with E-state index in [4.69, 9.17) is 4.74 Å². The zero-order valence-corrected chi connectivity index (χ0v) is 9.22. The van der Waals surface area contributed by atoms with Crippen LogP contribution in [0, 0.1) is 3.57 Å². The van der Waals surface area contributed by atoms with E-state index in [1.54, 1.807) is 0 Å². The van der Waals surface area contributed by atoms with Gasteiger partial charge in [0.15, 0.2) is 0 Å². The van der Waals surface area contributed by atoms with Gasteiger partial charge in [0, 0.05) is 0 Å². The number of hydrogen-bond donors (Lipinski definition) is 0. The van der Waals surface area contributed by atoms with Gasteiger partial charge in [-0.25, -0.2) is 0 Å². The maximum Gasteiger partial charge on any atom is 0.573 e. The predicted octanol–water partition coefficient (Wildman–Crippen LogP) is 3.20. The van der Waals surface area contributed by atoms with Crippen LogP contribution in [0.15, 0.2) is 18.2 Å². The van der Waals surface area contributed by atoms with Gasteiger partial charge in [-0.1, -0.05) is 0 Å². The minimum absolute atomic E-state index is 0.247. The minimum atomic E-state index is -4.66. The second-order valence-corrected chi connectivity index (χ2v) is 3.51. The molecular formula is C8H6F3IO2. The summed E-state index contributed by atoms with van der Waals surface area (Å²) in [5, 5.41) is 0. The molecule has 78 valence electrons. The second kappa shape index (κ2) is 4.24. The van der Waals surface area contributed by atoms with Crippen molar-refractivity contribution in [3.63, 3.8) is 0 Å². The number of rotatable bonds is 2. The van der Waals surface area contributed by atoms with Gasteiger partial charge in [-0.2, -0.15) is 0 Å². The Labute approximate surface area is 92.1 Å². The van der Waals surface area contributed by atoms with Crippen molar-refractivity contribution in [1.29, 1.82) is 0 Å². The second-order valence-electron chi connectivity index (χ2n) is 2.34. The molecule has 0 atom stereocenters. The average Bonchev–Trinajstić information content (AvgIpc) is 2.01. The van der Waals surface area contributed by atoms with E-state index in [0.717, 1.165) is 0 Å². The maximum absolute atomic E-state index is 11.8. The molecule has 2 nitrogen and oxygen atoms in total. The highest BCUT2D eigenvalue weighted by atomic mass is 127. The number of methoxy groups -OCH3 is 1. The number of benzene rings is 1. The molecule has 0 aliphatic carbocycles. The van der Waals surface area contributed by atoms with E-state index in [2.05, 4.69) is 4.74 Å². The molecule has 0 amide bonds. The fourth-order valence-corrected chi connectivity index (χ4v) is 1.55. The van der Waals surface area contributed by atoms with E-state index in [1.165, 1.54) is 25.3 Å². The predicted molar refractivity (Wildman–Crippen MR) is 52.4 cm³/mol. The van der Waals surface area contributed by atoms with Crippen LogP contribution in [0.1, 0.15) is 0 Å². The quantitative estimate of drug-likeness (QED) is 0.780. The topological polar surface area (TPSA) is 18.5 Å². The Morgan fingerprint density at radius 3 is 2.36 bits per heavy atom. The molecule has 0 aliphatic heterocycles. The highest BCUT2D eigenvalue weighted by Crippen LogP contribution is 2.28. The summed E-state index contributed by atoms with van der Waals surface area (Å²) >= 11 is 1.87. The zero-order chi connectivity index (χ0) is 10.8. The van der Waals surface area contributed by atoms with Crippen LogP contribution in [0.5, 0.6) is 11.5 Å². The van der Waals surface area contributed by atoms with Gasteiger partial charge in [0.05, 0.1) is 10.7 Å². The molecule has 0 unspecified atom stereocenters. The molecule has 6 heteroatoms. The number of halogens is 4. The summed E-state index contributed by atoms with van der Waals surface area (Å²) in [5.41, 5.74) is 0. The molecule has 14 heavy (non-hydrogen) atoms. The Kier molecular flexibility index (Phi) is 3.46. The van der Waals surface area contributed by atoms with E-state index < -0.39 is 6.36 Å². The third-order valence-electron chi connectivity index (χ3n) is 1.36. The van der Waals surface area contributed by atoms with Crippen molar-refractivity contribution in [2.75, 3.05) is 7.11 Å². The van der Waals surface area contributed by atoms with Crippen molar-refractivity contribution in [3.05, 3.63) is 21.8 Å². The highest BCUT2D eigenvalue weighted by Gasteiger charge is 2.31. The molecule has 0 aromatic heterocycles. The Morgan fingerprint density at radius 1 is 1.29 bits per heavy atom. The fourth-order valence-electron chi connectivity index (χ4n) is 0.844. The van der Waals surface area contributed by atoms with Crippen molar-refractivity contribution >= 4 is 22.6 Å². The van der Waals surface area contributed by atoms with Crippen LogP contribution >= 0.6 is 22.6 Å². The van der Waals surface area contributed by atoms with E-state index in [0.29, 0.717) is 9.32 Å². The average molecular weight is 318 g/mol. The molecule has 0 heterocycles. The van der Waals surface area contributed by atoms with Gasteiger partial charge in [-0.15, -0.1) is 13.2 Å². The molecule has 1 aromatic rings. The molecule has 1 aromatic carbocycles. The van der Waals surface area contributed by atoms with Crippen molar-refractivity contribution in [1.82, 2.24) is 0 Å². The molecule has 0 saturated heterocycles. The van der Waals surface area contributed by atoms with Crippen LogP contribution < -0.4 is 9.47 Å². The molecule has 0 N–H and O–H groups in total. The number of hydrogen-bond acceptors (Lipinski definition) is 2. The Morgan fingerprint density at radius 2 is 1.93 bits per heavy atom. The van der Waals surface area contributed by atoms with Gasteiger partial charge < -0.3 is 9.47 Å². The minimum Gasteiger partial charge on any atom is -0.496 e. The summed E-state index contributed by atoms with van der Waals surface area (Å²) in [6.45, 7) is 0. The maximum atomic E-state index is 11.8. The third-order valence-corrected chi connectivity index (χ3v) is 2.20. The summed E-state index contributed by atoms with van der Waals surface area (Å²) < 4.78 is 44.6. The summed E-state index contributed by atoms with van der Waals surface area (Å²) in [7, 11) is 1.45. The van der Waals surface area contributed by atoms with Gasteiger partial charge in [0.25, 0.3) is 0 Å². The smallest absolute Gasteiger partial charge is 0.496 e. The first-order valence-corrected chi connectivity index (χ1v) is 4.59. The van der Waals surface area contributed by atoms with Gasteiger partial charge in [-0.3, -0.25) is 0 Å². The Bertz CT molecular complexity index is 325. The van der Waals surface area contributed by atoms with Crippen LogP contribution in [-0.4, -0.2) is 13.5 Å². The summed E-state index contributed by atoms with van der Waals surface area (Å²) in [4.78, 5) is 0. The normalized spacial score (nSPS) is 11.2. The molecule has 0 aliphatic rings. The first-order valence-electron chi connectivity index (χ1n) is 3.51. The molecular weight excluding hydrogens is 312 g/mol. The lowest BCUT2D eigenvalue weighted by Gasteiger charge is -2.10. The molecule has 0 radical (unpaired) electrons. The molecule has 0 bridgehead atoms. The SMILES string of the molecule is COc1ccc(OC(F)(F)F)cc1I. The zero-order valence-electron chi connectivity index (χ0n) is 7.06. The molecule has 0 fully saturated rings. The summed E-state index contributed by atoms with van der Waals surface area (Å²) in [5.74, 6) is 0.267. The number of alkyl halides is 3. The number of ether oxygens (including phenoxy) is 2. The van der Waals surface area contributed by atoms with Crippen molar-refractivity contribution in [2.45, 2.75) is 6.36 Å². The summed E-state index contributed by atoms with van der Waals surface area (Å²) in [6.07, 6.45) is -4.66. The molecule has 0 saturated carbocycles. The first kappa shape index (κ1) is 11.4. The summed E-state index contributed by atoms with van der Waals surface area (Å²) in [6, 6.07) is 3.88. The standard InChI is InChI=1S/C8H6F3IO2/c1-13-7-3-2-5(4-6(7)12)14-8(9,10)11/h2-4H,1H3. The lowest BCUT2D eigenvalue weighted by atomic mass is 10.3. The van der Waals surface area contributed by atoms with E-state index >= 15 is 0 Å². The van der Waals surface area contributed by atoms with E-state index in [-0.39, 0.29) is 5.75 Å². The van der Waals surface area contributed by atoms with E-state index in [1.807, 2.05) is 22.6 Å². The van der Waals surface area contributed by atoms with Crippen molar-refractivity contribution in [2.24, 2.45) is 0 Å². The van der Waals surface area contributed by atoms with Crippen LogP contribution in [0.25, 0.3) is 0 Å². The van der Waals surface area contributed by atoms with Crippen LogP contribution in [0.4, 0.5) is 13.2 Å². The van der Waals surface area contributed by atoms with Crippen LogP contribution in [0.3, 0.4) is 0 Å². The van der Waals surface area contributed by atoms with Crippen LogP contribution in [-0.2, 0) is 0 Å². The first-order chi connectivity index (χ1) is 6.42. The van der Waals surface area contributed by atoms with Crippen molar-refractivity contribution < 1.29 is 22.6 Å². The lowest BCUT2D eigenvalue weighted by molar-refractivity contribution is -0.274. The highest BCUT2D eigenvalue weighted by molar-refractivity contribution is 14.1. The van der Waals surface area contributed by atoms with Gasteiger partial charge in [0.1, 0.15) is 11.5 Å². The Balaban J connectivity index is 2.87. The van der Waals surface area contributed by atoms with Crippen molar-refractivity contribution in [3.8, 4) is 11.5 Å². The third kappa shape index (κ3) is 3.24. The van der Waals surface area contributed by atoms with Crippen LogP contribution in [0.2, 0.25) is 0 Å².